The Morgan fingerprint density at radius 2 is 2.14 bits per heavy atom. The molecule has 0 saturated carbocycles. The number of urea groups is 1. The number of benzene rings is 1. The van der Waals surface area contributed by atoms with E-state index >= 15 is 0 Å². The summed E-state index contributed by atoms with van der Waals surface area (Å²) in [5, 5.41) is 5.59. The Labute approximate surface area is 122 Å². The van der Waals surface area contributed by atoms with Crippen LogP contribution >= 0.6 is 0 Å². The van der Waals surface area contributed by atoms with Crippen LogP contribution in [0, 0.1) is 0 Å². The Hall–Kier alpha value is -2.76. The van der Waals surface area contributed by atoms with Crippen LogP contribution in [-0.4, -0.2) is 17.8 Å². The monoisotopic (exact) mass is 285 g/mol. The van der Waals surface area contributed by atoms with Crippen molar-refractivity contribution in [2.24, 2.45) is 0 Å². The van der Waals surface area contributed by atoms with Crippen LogP contribution in [-0.2, 0) is 0 Å². The molecular weight excluding hydrogens is 270 g/mol. The highest BCUT2D eigenvalue weighted by atomic mass is 16.7. The maximum atomic E-state index is 11.9. The molecule has 0 radical (unpaired) electrons. The first-order chi connectivity index (χ1) is 10.2. The van der Waals surface area contributed by atoms with Crippen molar-refractivity contribution in [3.63, 3.8) is 0 Å². The molecular formula is C15H15N3O3. The highest BCUT2D eigenvalue weighted by Crippen LogP contribution is 2.34. The molecule has 0 saturated heterocycles. The van der Waals surface area contributed by atoms with Crippen LogP contribution in [0.3, 0.4) is 0 Å². The molecule has 2 aromatic rings. The maximum Gasteiger partial charge on any atom is 0.319 e. The van der Waals surface area contributed by atoms with E-state index in [2.05, 4.69) is 15.6 Å². The fraction of sp³-hybridized carbons (Fsp3) is 0.200. The third kappa shape index (κ3) is 3.05. The first kappa shape index (κ1) is 13.2. The maximum absolute atomic E-state index is 11.9. The van der Waals surface area contributed by atoms with E-state index in [1.54, 1.807) is 24.5 Å². The molecule has 2 N–H and O–H groups in total. The van der Waals surface area contributed by atoms with Gasteiger partial charge in [0, 0.05) is 6.20 Å². The second kappa shape index (κ2) is 5.70. The van der Waals surface area contributed by atoms with Crippen LogP contribution < -0.4 is 20.1 Å². The average molecular weight is 285 g/mol. The van der Waals surface area contributed by atoms with Crippen LogP contribution in [0.2, 0.25) is 0 Å². The van der Waals surface area contributed by atoms with Crippen LogP contribution in [0.1, 0.15) is 18.5 Å². The summed E-state index contributed by atoms with van der Waals surface area (Å²) < 4.78 is 10.6. The molecule has 1 aromatic heterocycles. The Bertz CT molecular complexity index is 646. The van der Waals surface area contributed by atoms with Gasteiger partial charge in [-0.15, -0.1) is 0 Å². The van der Waals surface area contributed by atoms with Crippen molar-refractivity contribution in [2.75, 3.05) is 12.1 Å². The van der Waals surface area contributed by atoms with Crippen LogP contribution in [0.15, 0.2) is 42.7 Å². The van der Waals surface area contributed by atoms with Crippen LogP contribution in [0.25, 0.3) is 0 Å². The van der Waals surface area contributed by atoms with Crippen molar-refractivity contribution in [1.29, 1.82) is 0 Å². The average Bonchev–Trinajstić information content (AvgIpc) is 2.95. The molecule has 6 nitrogen and oxygen atoms in total. The van der Waals surface area contributed by atoms with Gasteiger partial charge in [-0.3, -0.25) is 4.98 Å². The molecule has 1 atom stereocenters. The third-order valence-electron chi connectivity index (χ3n) is 3.16. The highest BCUT2D eigenvalue weighted by Gasteiger charge is 2.16. The lowest BCUT2D eigenvalue weighted by Crippen LogP contribution is -2.31. The normalized spacial score (nSPS) is 13.6. The molecule has 2 heterocycles. The lowest BCUT2D eigenvalue weighted by molar-refractivity contribution is 0.174. The SMILES string of the molecule is CC(NC(=O)Nc1cccnc1)c1ccc2c(c1)OCO2. The molecule has 3 rings (SSSR count). The van der Waals surface area contributed by atoms with Crippen LogP contribution in [0.4, 0.5) is 10.5 Å². The van der Waals surface area contributed by atoms with E-state index in [9.17, 15) is 4.79 Å². The van der Waals surface area contributed by atoms with Gasteiger partial charge in [-0.05, 0) is 36.8 Å². The lowest BCUT2D eigenvalue weighted by atomic mass is 10.1. The quantitative estimate of drug-likeness (QED) is 0.909. The van der Waals surface area contributed by atoms with Gasteiger partial charge >= 0.3 is 6.03 Å². The van der Waals surface area contributed by atoms with Crippen LogP contribution in [0.5, 0.6) is 11.5 Å². The van der Waals surface area contributed by atoms with Crippen molar-refractivity contribution < 1.29 is 14.3 Å². The van der Waals surface area contributed by atoms with Crippen molar-refractivity contribution in [1.82, 2.24) is 10.3 Å². The van der Waals surface area contributed by atoms with Gasteiger partial charge in [0.25, 0.3) is 0 Å². The number of hydrogen-bond donors (Lipinski definition) is 2. The largest absolute Gasteiger partial charge is 0.454 e. The zero-order valence-electron chi connectivity index (χ0n) is 11.5. The van der Waals surface area contributed by atoms with Gasteiger partial charge in [-0.25, -0.2) is 4.79 Å². The Morgan fingerprint density at radius 1 is 1.29 bits per heavy atom. The van der Waals surface area contributed by atoms with Gasteiger partial charge in [-0.1, -0.05) is 6.07 Å². The molecule has 21 heavy (non-hydrogen) atoms. The van der Waals surface area contributed by atoms with E-state index in [1.165, 1.54) is 0 Å². The summed E-state index contributed by atoms with van der Waals surface area (Å²) in [5.74, 6) is 1.43. The van der Waals surface area contributed by atoms with E-state index in [0.29, 0.717) is 11.4 Å². The van der Waals surface area contributed by atoms with Gasteiger partial charge in [0.1, 0.15) is 0 Å². The minimum absolute atomic E-state index is 0.156. The number of fused-ring (bicyclic) bond motifs is 1. The summed E-state index contributed by atoms with van der Waals surface area (Å²) in [5.41, 5.74) is 1.59. The van der Waals surface area contributed by atoms with E-state index in [0.717, 1.165) is 11.3 Å². The molecule has 0 fully saturated rings. The molecule has 6 heteroatoms. The number of anilines is 1. The minimum Gasteiger partial charge on any atom is -0.454 e. The predicted molar refractivity (Wildman–Crippen MR) is 77.4 cm³/mol. The Balaban J connectivity index is 1.63. The number of nitrogens with zero attached hydrogens (tertiary/aromatic N) is 1. The van der Waals surface area contributed by atoms with Gasteiger partial charge in [-0.2, -0.15) is 0 Å². The molecule has 0 aliphatic carbocycles. The smallest absolute Gasteiger partial charge is 0.319 e. The summed E-state index contributed by atoms with van der Waals surface area (Å²) >= 11 is 0. The van der Waals surface area contributed by atoms with Crippen molar-refractivity contribution in [2.45, 2.75) is 13.0 Å². The Morgan fingerprint density at radius 3 is 2.95 bits per heavy atom. The standard InChI is InChI=1S/C15H15N3O3/c1-10(11-4-5-13-14(7-11)21-9-20-13)17-15(19)18-12-3-2-6-16-8-12/h2-8,10H,9H2,1H3,(H2,17,18,19). The van der Waals surface area contributed by atoms with Gasteiger partial charge in [0.05, 0.1) is 17.9 Å². The van der Waals surface area contributed by atoms with E-state index < -0.39 is 0 Å². The minimum atomic E-state index is -0.284. The fourth-order valence-electron chi connectivity index (χ4n) is 2.07. The van der Waals surface area contributed by atoms with Crippen molar-refractivity contribution in [3.8, 4) is 11.5 Å². The summed E-state index contributed by atoms with van der Waals surface area (Å²) in [4.78, 5) is 15.9. The molecule has 0 bridgehead atoms. The second-order valence-corrected chi connectivity index (χ2v) is 4.67. The molecule has 108 valence electrons. The summed E-state index contributed by atoms with van der Waals surface area (Å²) in [6.07, 6.45) is 3.24. The number of pyridine rings is 1. The predicted octanol–water partition coefficient (Wildman–Crippen LogP) is 2.69. The van der Waals surface area contributed by atoms with Crippen molar-refractivity contribution in [3.05, 3.63) is 48.3 Å². The van der Waals surface area contributed by atoms with Gasteiger partial charge < -0.3 is 20.1 Å². The third-order valence-corrected chi connectivity index (χ3v) is 3.16. The lowest BCUT2D eigenvalue weighted by Gasteiger charge is -2.15. The highest BCUT2D eigenvalue weighted by molar-refractivity contribution is 5.89. The molecule has 1 unspecified atom stereocenters. The van der Waals surface area contributed by atoms with E-state index in [-0.39, 0.29) is 18.9 Å². The number of nitrogens with one attached hydrogen (secondary N) is 2. The van der Waals surface area contributed by atoms with Gasteiger partial charge in [0.15, 0.2) is 11.5 Å². The van der Waals surface area contributed by atoms with E-state index in [4.69, 9.17) is 9.47 Å². The van der Waals surface area contributed by atoms with E-state index in [1.807, 2.05) is 25.1 Å². The number of carbonyl (C=O) groups excluding carboxylic acids is 1. The van der Waals surface area contributed by atoms with Gasteiger partial charge in [0.2, 0.25) is 6.79 Å². The number of ether oxygens (including phenoxy) is 2. The number of hydrogen-bond acceptors (Lipinski definition) is 4. The molecule has 1 aliphatic heterocycles. The Kier molecular flexibility index (Phi) is 3.59. The zero-order chi connectivity index (χ0) is 14.7. The summed E-state index contributed by atoms with van der Waals surface area (Å²) in [6, 6.07) is 8.72. The first-order valence-electron chi connectivity index (χ1n) is 6.59. The van der Waals surface area contributed by atoms with Crippen molar-refractivity contribution >= 4 is 11.7 Å². The fourth-order valence-corrected chi connectivity index (χ4v) is 2.07. The molecule has 1 aromatic carbocycles. The number of rotatable bonds is 3. The zero-order valence-corrected chi connectivity index (χ0v) is 11.5. The number of aromatic nitrogens is 1. The molecule has 0 spiro atoms. The first-order valence-corrected chi connectivity index (χ1v) is 6.59. The second-order valence-electron chi connectivity index (χ2n) is 4.67. The number of carbonyl (C=O) groups is 1. The summed E-state index contributed by atoms with van der Waals surface area (Å²) in [7, 11) is 0. The topological polar surface area (TPSA) is 72.5 Å². The summed E-state index contributed by atoms with van der Waals surface area (Å²) in [6.45, 7) is 2.14. The molecule has 1 aliphatic rings. The number of amides is 2. The molecule has 2 amide bonds.